The quantitative estimate of drug-likeness (QED) is 0.459. The Morgan fingerprint density at radius 3 is 2.89 bits per heavy atom. The molecule has 1 atom stereocenters. The summed E-state index contributed by atoms with van der Waals surface area (Å²) in [5.74, 6) is 0.806. The lowest BCUT2D eigenvalue weighted by atomic mass is 9.79. The lowest BCUT2D eigenvalue weighted by molar-refractivity contribution is 0.0757. The minimum absolute atomic E-state index is 0.186. The molecule has 0 radical (unpaired) electrons. The number of aromatic nitrogens is 4. The van der Waals surface area contributed by atoms with Crippen molar-refractivity contribution in [3.63, 3.8) is 0 Å². The summed E-state index contributed by atoms with van der Waals surface area (Å²) in [5.41, 5.74) is 5.10. The average Bonchev–Trinajstić information content (AvgIpc) is 3.77. The molecule has 2 aromatic heterocycles. The molecule has 6 rings (SSSR count). The predicted molar refractivity (Wildman–Crippen MR) is 133 cm³/mol. The third-order valence-corrected chi connectivity index (χ3v) is 6.85. The summed E-state index contributed by atoms with van der Waals surface area (Å²) in [7, 11) is 0. The van der Waals surface area contributed by atoms with Gasteiger partial charge >= 0.3 is 0 Å². The molecular weight excluding hydrogens is 452 g/mol. The van der Waals surface area contributed by atoms with Gasteiger partial charge in [-0.1, -0.05) is 18.2 Å². The first-order chi connectivity index (χ1) is 17.5. The van der Waals surface area contributed by atoms with Gasteiger partial charge in [-0.2, -0.15) is 5.26 Å². The van der Waals surface area contributed by atoms with Crippen LogP contribution in [0.3, 0.4) is 0 Å². The summed E-state index contributed by atoms with van der Waals surface area (Å²) >= 11 is 0. The van der Waals surface area contributed by atoms with E-state index in [1.807, 2.05) is 37.4 Å². The highest BCUT2D eigenvalue weighted by Crippen LogP contribution is 2.39. The van der Waals surface area contributed by atoms with Crippen LogP contribution >= 0.6 is 0 Å². The molecule has 2 aliphatic rings. The van der Waals surface area contributed by atoms with E-state index >= 15 is 0 Å². The number of fused-ring (bicyclic) bond motifs is 2. The molecule has 1 fully saturated rings. The second-order valence-corrected chi connectivity index (χ2v) is 9.65. The van der Waals surface area contributed by atoms with Gasteiger partial charge in [0.2, 0.25) is 0 Å². The lowest BCUT2D eigenvalue weighted by Crippen LogP contribution is -2.33. The van der Waals surface area contributed by atoms with Crippen molar-refractivity contribution in [2.45, 2.75) is 44.2 Å². The van der Waals surface area contributed by atoms with Crippen LogP contribution in [0.2, 0.25) is 0 Å². The molecule has 8 nitrogen and oxygen atoms in total. The van der Waals surface area contributed by atoms with E-state index < -0.39 is 5.41 Å². The molecule has 4 aromatic rings. The van der Waals surface area contributed by atoms with Crippen LogP contribution in [0.5, 0.6) is 0 Å². The summed E-state index contributed by atoms with van der Waals surface area (Å²) < 4.78 is 5.55. The second kappa shape index (κ2) is 8.77. The normalized spacial score (nSPS) is 18.9. The zero-order valence-electron chi connectivity index (χ0n) is 19.9. The minimum atomic E-state index is -0.772. The fraction of sp³-hybridized carbons (Fsp3) is 0.286. The van der Waals surface area contributed by atoms with Gasteiger partial charge in [0, 0.05) is 34.8 Å². The van der Waals surface area contributed by atoms with E-state index in [1.54, 1.807) is 24.5 Å². The van der Waals surface area contributed by atoms with E-state index in [1.165, 1.54) is 12.8 Å². The van der Waals surface area contributed by atoms with Crippen molar-refractivity contribution < 1.29 is 9.53 Å². The van der Waals surface area contributed by atoms with Gasteiger partial charge < -0.3 is 10.1 Å². The van der Waals surface area contributed by atoms with E-state index in [4.69, 9.17) is 9.72 Å². The zero-order chi connectivity index (χ0) is 24.7. The number of hydrogen-bond donors (Lipinski definition) is 1. The Hall–Kier alpha value is -4.22. The molecule has 1 N–H and O–H groups in total. The van der Waals surface area contributed by atoms with Crippen LogP contribution in [0, 0.1) is 11.3 Å². The number of nitrogens with zero attached hydrogens (tertiary/aromatic N) is 5. The third-order valence-electron chi connectivity index (χ3n) is 6.85. The molecule has 1 aliphatic carbocycles. The number of benzene rings is 2. The standard InChI is InChI=1S/C28H24N6O2/c1-28(15-29)16-36-14-21-7-5-19(8-22(21)28)27(35)32-13-26-31-10-20-6-4-18(9-23(20)34-26)25-12-30-11-24(33-25)17-2-3-17/h4-12,17H,2-3,13-14,16H2,1H3,(H,32,35)/t28-/m1/s1. The molecule has 0 saturated heterocycles. The maximum atomic E-state index is 12.9. The van der Waals surface area contributed by atoms with Crippen LogP contribution in [0.25, 0.3) is 22.2 Å². The van der Waals surface area contributed by atoms with Crippen molar-refractivity contribution in [3.8, 4) is 17.3 Å². The Morgan fingerprint density at radius 1 is 1.17 bits per heavy atom. The van der Waals surface area contributed by atoms with Gasteiger partial charge in [-0.3, -0.25) is 9.78 Å². The van der Waals surface area contributed by atoms with Crippen LogP contribution in [-0.2, 0) is 23.3 Å². The molecule has 0 unspecified atom stereocenters. The first kappa shape index (κ1) is 22.3. The number of rotatable bonds is 5. The first-order valence-electron chi connectivity index (χ1n) is 12.0. The van der Waals surface area contributed by atoms with Crippen molar-refractivity contribution in [1.29, 1.82) is 5.26 Å². The summed E-state index contributed by atoms with van der Waals surface area (Å²) in [6.45, 7) is 2.77. The van der Waals surface area contributed by atoms with Crippen LogP contribution < -0.4 is 5.32 Å². The smallest absolute Gasteiger partial charge is 0.251 e. The molecule has 3 heterocycles. The SMILES string of the molecule is C[C@@]1(C#N)COCc2ccc(C(=O)NCc3ncc4ccc(-c5cncc(C6CC6)n5)cc4n3)cc21. The molecule has 36 heavy (non-hydrogen) atoms. The number of nitriles is 1. The highest BCUT2D eigenvalue weighted by Gasteiger charge is 2.33. The zero-order valence-corrected chi connectivity index (χ0v) is 19.9. The van der Waals surface area contributed by atoms with E-state index in [9.17, 15) is 10.1 Å². The number of carbonyl (C=O) groups excluding carboxylic acids is 1. The molecule has 0 spiro atoms. The lowest BCUT2D eigenvalue weighted by Gasteiger charge is -2.30. The van der Waals surface area contributed by atoms with Gasteiger partial charge in [0.15, 0.2) is 0 Å². The number of carbonyl (C=O) groups is 1. The molecule has 1 aliphatic heterocycles. The maximum Gasteiger partial charge on any atom is 0.251 e. The highest BCUT2D eigenvalue weighted by molar-refractivity contribution is 5.94. The monoisotopic (exact) mass is 476 g/mol. The molecular formula is C28H24N6O2. The Morgan fingerprint density at radius 2 is 2.06 bits per heavy atom. The fourth-order valence-electron chi connectivity index (χ4n) is 4.56. The molecule has 1 saturated carbocycles. The molecule has 2 aromatic carbocycles. The summed E-state index contributed by atoms with van der Waals surface area (Å²) in [6.07, 6.45) is 7.74. The summed E-state index contributed by atoms with van der Waals surface area (Å²) in [4.78, 5) is 31.1. The summed E-state index contributed by atoms with van der Waals surface area (Å²) in [6, 6.07) is 13.7. The highest BCUT2D eigenvalue weighted by atomic mass is 16.5. The Bertz CT molecular complexity index is 1540. The van der Waals surface area contributed by atoms with Crippen LogP contribution in [0.4, 0.5) is 0 Å². The van der Waals surface area contributed by atoms with Crippen molar-refractivity contribution in [3.05, 3.63) is 83.2 Å². The number of ether oxygens (including phenoxy) is 1. The van der Waals surface area contributed by atoms with Gasteiger partial charge in [-0.25, -0.2) is 15.0 Å². The van der Waals surface area contributed by atoms with E-state index in [2.05, 4.69) is 26.3 Å². The maximum absolute atomic E-state index is 12.9. The second-order valence-electron chi connectivity index (χ2n) is 9.65. The van der Waals surface area contributed by atoms with Crippen LogP contribution in [0.15, 0.2) is 55.0 Å². The Kier molecular flexibility index (Phi) is 5.42. The number of amides is 1. The van der Waals surface area contributed by atoms with Crippen LogP contribution in [-0.4, -0.2) is 32.4 Å². The predicted octanol–water partition coefficient (Wildman–Crippen LogP) is 4.21. The fourth-order valence-corrected chi connectivity index (χ4v) is 4.56. The van der Waals surface area contributed by atoms with Gasteiger partial charge in [-0.05, 0) is 49.1 Å². The van der Waals surface area contributed by atoms with Crippen molar-refractivity contribution in [1.82, 2.24) is 25.3 Å². The van der Waals surface area contributed by atoms with Crippen molar-refractivity contribution in [2.24, 2.45) is 0 Å². The van der Waals surface area contributed by atoms with E-state index in [0.29, 0.717) is 30.5 Å². The molecule has 178 valence electrons. The van der Waals surface area contributed by atoms with Crippen molar-refractivity contribution in [2.75, 3.05) is 6.61 Å². The Balaban J connectivity index is 1.21. The Labute approximate surface area is 208 Å². The van der Waals surface area contributed by atoms with Gasteiger partial charge in [0.25, 0.3) is 5.91 Å². The van der Waals surface area contributed by atoms with Gasteiger partial charge in [0.05, 0.1) is 48.9 Å². The molecule has 8 heteroatoms. The van der Waals surface area contributed by atoms with Gasteiger partial charge in [0.1, 0.15) is 11.2 Å². The van der Waals surface area contributed by atoms with Gasteiger partial charge in [-0.15, -0.1) is 0 Å². The topological polar surface area (TPSA) is 114 Å². The van der Waals surface area contributed by atoms with Crippen molar-refractivity contribution >= 4 is 16.8 Å². The number of nitrogens with one attached hydrogen (secondary N) is 1. The minimum Gasteiger partial charge on any atom is -0.375 e. The molecule has 0 bridgehead atoms. The summed E-state index contributed by atoms with van der Waals surface area (Å²) in [5, 5.41) is 13.5. The largest absolute Gasteiger partial charge is 0.375 e. The first-order valence-corrected chi connectivity index (χ1v) is 12.0. The average molecular weight is 477 g/mol. The van der Waals surface area contributed by atoms with E-state index in [-0.39, 0.29) is 12.5 Å². The van der Waals surface area contributed by atoms with Crippen LogP contribution in [0.1, 0.15) is 58.7 Å². The van der Waals surface area contributed by atoms with E-state index in [0.717, 1.165) is 39.0 Å². The number of hydrogen-bond acceptors (Lipinski definition) is 7. The third kappa shape index (κ3) is 4.18. The molecule has 1 amide bonds.